The Balaban J connectivity index is 1.75. The zero-order valence-electron chi connectivity index (χ0n) is 19.3. The Morgan fingerprint density at radius 1 is 1.26 bits per heavy atom. The number of amides is 2. The average Bonchev–Trinajstić information content (AvgIpc) is 3.36. The molecule has 184 valence electrons. The van der Waals surface area contributed by atoms with Crippen LogP contribution in [-0.2, 0) is 14.4 Å². The van der Waals surface area contributed by atoms with Crippen LogP contribution in [0.5, 0.6) is 0 Å². The number of aliphatic hydroxyl groups is 1. The smallest absolute Gasteiger partial charge is 0.308 e. The Morgan fingerprint density at radius 2 is 1.97 bits per heavy atom. The van der Waals surface area contributed by atoms with E-state index in [0.29, 0.717) is 42.9 Å². The quantitative estimate of drug-likeness (QED) is 0.372. The van der Waals surface area contributed by atoms with Gasteiger partial charge in [-0.2, -0.15) is 0 Å². The Hall–Kier alpha value is -2.03. The number of hydrogen-bond donors (Lipinski definition) is 2. The fraction of sp³-hybridized carbons (Fsp3) is 0.560. The van der Waals surface area contributed by atoms with Gasteiger partial charge in [0.1, 0.15) is 6.04 Å². The van der Waals surface area contributed by atoms with Crippen molar-refractivity contribution in [2.75, 3.05) is 24.6 Å². The van der Waals surface area contributed by atoms with Crippen LogP contribution >= 0.6 is 23.4 Å². The van der Waals surface area contributed by atoms with Crippen LogP contribution in [0.2, 0.25) is 5.02 Å². The molecule has 0 aromatic heterocycles. The number of unbranched alkanes of at least 4 members (excludes halogenated alkanes) is 2. The minimum atomic E-state index is -0.969. The molecule has 9 heteroatoms. The van der Waals surface area contributed by atoms with Crippen LogP contribution < -0.4 is 4.90 Å². The summed E-state index contributed by atoms with van der Waals surface area (Å²) in [6.07, 6.45) is 4.90. The summed E-state index contributed by atoms with van der Waals surface area (Å²) >= 11 is 7.59. The van der Waals surface area contributed by atoms with Gasteiger partial charge in [-0.15, -0.1) is 18.3 Å². The zero-order valence-corrected chi connectivity index (χ0v) is 20.9. The van der Waals surface area contributed by atoms with Crippen molar-refractivity contribution >= 4 is 46.8 Å². The molecule has 2 unspecified atom stereocenters. The van der Waals surface area contributed by atoms with Crippen LogP contribution in [0.4, 0.5) is 5.69 Å². The van der Waals surface area contributed by atoms with Gasteiger partial charge in [-0.05, 0) is 63.3 Å². The minimum absolute atomic E-state index is 0.0713. The molecule has 3 saturated heterocycles. The second-order valence-corrected chi connectivity index (χ2v) is 11.9. The standard InChI is InChI=1S/C25H31ClN2O5S/c1-3-13-27(17-9-7-16(26)8-10-17)22(31)20-25-12-11-24(2,34-25)19(23(32)33)18(25)21(30)28(20)14-5-4-6-15-29/h3,7-10,18-20,29H,1,4-6,11-15H2,2H3,(H,32,33)/t18-,19+,20?,24-,25?/m0/s1. The highest BCUT2D eigenvalue weighted by atomic mass is 35.5. The molecular formula is C25H31ClN2O5S. The molecule has 5 atom stereocenters. The van der Waals surface area contributed by atoms with E-state index in [1.165, 1.54) is 11.8 Å². The van der Waals surface area contributed by atoms with Crippen molar-refractivity contribution in [3.8, 4) is 0 Å². The zero-order chi connectivity index (χ0) is 24.7. The van der Waals surface area contributed by atoms with Gasteiger partial charge in [-0.25, -0.2) is 0 Å². The highest BCUT2D eigenvalue weighted by Crippen LogP contribution is 2.71. The SMILES string of the molecule is C=CCN(C(=O)C1N(CCCCCO)C(=O)[C@@H]2[C@H](C(=O)O)[C@]3(C)CCC12S3)c1ccc(Cl)cc1. The number of rotatable bonds is 10. The van der Waals surface area contributed by atoms with Gasteiger partial charge >= 0.3 is 5.97 Å². The lowest BCUT2D eigenvalue weighted by Gasteiger charge is -2.37. The minimum Gasteiger partial charge on any atom is -0.481 e. The van der Waals surface area contributed by atoms with Crippen molar-refractivity contribution in [1.29, 1.82) is 0 Å². The first-order valence-corrected chi connectivity index (χ1v) is 12.9. The summed E-state index contributed by atoms with van der Waals surface area (Å²) in [5.74, 6) is -2.97. The van der Waals surface area contributed by atoms with Gasteiger partial charge in [0.05, 0.1) is 16.6 Å². The van der Waals surface area contributed by atoms with Gasteiger partial charge in [0.25, 0.3) is 5.91 Å². The van der Waals surface area contributed by atoms with Crippen LogP contribution in [0.1, 0.15) is 39.0 Å². The molecule has 1 aromatic rings. The molecule has 4 rings (SSSR count). The van der Waals surface area contributed by atoms with Gasteiger partial charge in [0.2, 0.25) is 5.91 Å². The summed E-state index contributed by atoms with van der Waals surface area (Å²) in [4.78, 5) is 43.5. The molecule has 3 aliphatic heterocycles. The van der Waals surface area contributed by atoms with E-state index in [1.54, 1.807) is 40.1 Å². The van der Waals surface area contributed by atoms with Crippen molar-refractivity contribution < 1.29 is 24.6 Å². The number of nitrogens with zero attached hydrogens (tertiary/aromatic N) is 2. The molecule has 2 bridgehead atoms. The first-order chi connectivity index (χ1) is 16.2. The van der Waals surface area contributed by atoms with Crippen LogP contribution in [-0.4, -0.2) is 68.1 Å². The summed E-state index contributed by atoms with van der Waals surface area (Å²) in [7, 11) is 0. The van der Waals surface area contributed by atoms with E-state index >= 15 is 0 Å². The van der Waals surface area contributed by atoms with Gasteiger partial charge in [0.15, 0.2) is 0 Å². The van der Waals surface area contributed by atoms with E-state index in [1.807, 2.05) is 6.92 Å². The monoisotopic (exact) mass is 506 g/mol. The Bertz CT molecular complexity index is 988. The molecule has 7 nitrogen and oxygen atoms in total. The summed E-state index contributed by atoms with van der Waals surface area (Å²) in [6, 6.07) is 6.20. The normalized spacial score (nSPS) is 31.6. The molecule has 34 heavy (non-hydrogen) atoms. The maximum Gasteiger partial charge on any atom is 0.308 e. The number of thioether (sulfide) groups is 1. The van der Waals surface area contributed by atoms with Gasteiger partial charge in [-0.1, -0.05) is 17.7 Å². The van der Waals surface area contributed by atoms with Crippen molar-refractivity contribution in [2.45, 2.75) is 54.6 Å². The Morgan fingerprint density at radius 3 is 2.59 bits per heavy atom. The largest absolute Gasteiger partial charge is 0.481 e. The Kier molecular flexibility index (Phi) is 7.04. The van der Waals surface area contributed by atoms with Crippen molar-refractivity contribution in [2.24, 2.45) is 11.8 Å². The summed E-state index contributed by atoms with van der Waals surface area (Å²) in [6.45, 7) is 6.42. The number of carbonyl (C=O) groups excluding carboxylic acids is 2. The molecule has 1 aromatic carbocycles. The number of aliphatic carboxylic acids is 1. The third-order valence-corrected chi connectivity index (χ3v) is 9.79. The second-order valence-electron chi connectivity index (χ2n) is 9.60. The molecule has 3 fully saturated rings. The predicted octanol–water partition coefficient (Wildman–Crippen LogP) is 3.59. The van der Waals surface area contributed by atoms with Crippen LogP contribution in [0.3, 0.4) is 0 Å². The molecule has 3 heterocycles. The van der Waals surface area contributed by atoms with Gasteiger partial charge < -0.3 is 20.0 Å². The summed E-state index contributed by atoms with van der Waals surface area (Å²) < 4.78 is -1.34. The molecule has 0 saturated carbocycles. The van der Waals surface area contributed by atoms with Crippen molar-refractivity contribution in [3.05, 3.63) is 41.9 Å². The molecule has 0 aliphatic carbocycles. The number of aliphatic hydroxyl groups excluding tert-OH is 1. The molecular weight excluding hydrogens is 476 g/mol. The van der Waals surface area contributed by atoms with Crippen LogP contribution in [0, 0.1) is 11.8 Å². The number of hydrogen-bond acceptors (Lipinski definition) is 5. The number of anilines is 1. The van der Waals surface area contributed by atoms with E-state index in [4.69, 9.17) is 16.7 Å². The van der Waals surface area contributed by atoms with Crippen LogP contribution in [0.15, 0.2) is 36.9 Å². The highest BCUT2D eigenvalue weighted by molar-refractivity contribution is 8.02. The highest BCUT2D eigenvalue weighted by Gasteiger charge is 2.77. The maximum absolute atomic E-state index is 14.2. The number of carboxylic acids is 1. The molecule has 0 radical (unpaired) electrons. The van der Waals surface area contributed by atoms with E-state index in [9.17, 15) is 19.5 Å². The van der Waals surface area contributed by atoms with Gasteiger partial charge in [-0.3, -0.25) is 14.4 Å². The van der Waals surface area contributed by atoms with Crippen LogP contribution in [0.25, 0.3) is 0 Å². The lowest BCUT2D eigenvalue weighted by molar-refractivity contribution is -0.150. The first-order valence-electron chi connectivity index (χ1n) is 11.7. The first kappa shape index (κ1) is 25.1. The van der Waals surface area contributed by atoms with Crippen molar-refractivity contribution in [3.63, 3.8) is 0 Å². The third kappa shape index (κ3) is 3.93. The fourth-order valence-corrected chi connectivity index (χ4v) is 8.58. The van der Waals surface area contributed by atoms with Crippen molar-refractivity contribution in [1.82, 2.24) is 4.90 Å². The van der Waals surface area contributed by atoms with E-state index in [2.05, 4.69) is 6.58 Å². The second kappa shape index (κ2) is 9.55. The topological polar surface area (TPSA) is 98.2 Å². The molecule has 2 amide bonds. The third-order valence-electron chi connectivity index (χ3n) is 7.55. The van der Waals surface area contributed by atoms with E-state index in [0.717, 1.165) is 6.42 Å². The average molecular weight is 507 g/mol. The number of carboxylic acid groups (broad SMARTS) is 1. The number of halogens is 1. The molecule has 1 spiro atoms. The number of benzene rings is 1. The predicted molar refractivity (Wildman–Crippen MR) is 133 cm³/mol. The number of fused-ring (bicyclic) bond motifs is 1. The molecule has 3 aliphatic rings. The number of likely N-dealkylation sites (tertiary alicyclic amines) is 1. The fourth-order valence-electron chi connectivity index (χ4n) is 6.11. The van der Waals surface area contributed by atoms with E-state index < -0.39 is 33.3 Å². The molecule has 2 N–H and O–H groups in total. The summed E-state index contributed by atoms with van der Waals surface area (Å²) in [5.41, 5.74) is 0.653. The lowest BCUT2D eigenvalue weighted by atomic mass is 9.66. The summed E-state index contributed by atoms with van der Waals surface area (Å²) in [5, 5.41) is 19.8. The Labute approximate surface area is 209 Å². The maximum atomic E-state index is 14.2. The number of carbonyl (C=O) groups is 3. The van der Waals surface area contributed by atoms with E-state index in [-0.39, 0.29) is 25.0 Å². The van der Waals surface area contributed by atoms with Gasteiger partial charge in [0, 0.05) is 35.2 Å². The lowest BCUT2D eigenvalue weighted by Crippen LogP contribution is -2.55.